The van der Waals surface area contributed by atoms with Gasteiger partial charge in [0.2, 0.25) is 0 Å². The van der Waals surface area contributed by atoms with E-state index in [1.54, 1.807) is 88.5 Å². The average molecular weight is 978 g/mol. The molecule has 64 heavy (non-hydrogen) atoms. The summed E-state index contributed by atoms with van der Waals surface area (Å²) in [7, 11) is -5.46. The maximum Gasteiger partial charge on any atom is 0.252 e. The topological polar surface area (TPSA) is 166 Å². The lowest BCUT2D eigenvalue weighted by atomic mass is 10.1. The van der Waals surface area contributed by atoms with Crippen molar-refractivity contribution in [3.63, 3.8) is 0 Å². The second-order valence-electron chi connectivity index (χ2n) is 16.1. The summed E-state index contributed by atoms with van der Waals surface area (Å²) < 4.78 is 61.1. The molecule has 13 nitrogen and oxygen atoms in total. The zero-order chi connectivity index (χ0) is 46.0. The first-order valence-corrected chi connectivity index (χ1v) is 27.3. The van der Waals surface area contributed by atoms with Crippen molar-refractivity contribution in [3.8, 4) is 5.75 Å². The van der Waals surface area contributed by atoms with Crippen LogP contribution in [0.3, 0.4) is 0 Å². The van der Waals surface area contributed by atoms with Crippen molar-refractivity contribution in [1.29, 1.82) is 0 Å². The number of thiophene rings is 2. The van der Waals surface area contributed by atoms with Gasteiger partial charge < -0.3 is 26.0 Å². The van der Waals surface area contributed by atoms with Crippen molar-refractivity contribution >= 4 is 66.1 Å². The standard InChI is InChI=1S/C23H32ClN3O3S2.C23H33N3O4S2/c1-2-3-4-5-6-14-25-20-13-15-27(17-20)32(29,30)22-12-11-21(31-22)16-26-23(28)18-7-9-19(24)10-8-18;1-3-4-5-6-13-24-19-12-14-26(17-19)32(28,29)22-11-10-21(31-22)16-25-23(27)18-8-7-9-20(15-18)30-2/h7-12,20,25H,2-6,13-17H2,1H3,(H,26,28);7-11,15,19,24H,3-6,12-14,16-17H2,1-2H3,(H,25,27). The number of benzene rings is 2. The first-order chi connectivity index (χ1) is 30.8. The Hall–Kier alpha value is -3.39. The third kappa shape index (κ3) is 15.6. The minimum Gasteiger partial charge on any atom is -0.497 e. The highest BCUT2D eigenvalue weighted by Crippen LogP contribution is 2.29. The highest BCUT2D eigenvalue weighted by molar-refractivity contribution is 7.91. The maximum atomic E-state index is 13.0. The predicted molar refractivity (Wildman–Crippen MR) is 259 cm³/mol. The number of hydrogen-bond donors (Lipinski definition) is 4. The van der Waals surface area contributed by atoms with E-state index in [1.807, 2.05) is 0 Å². The molecule has 0 spiro atoms. The summed E-state index contributed by atoms with van der Waals surface area (Å²) in [6.45, 7) is 8.94. The molecule has 2 atom stereocenters. The lowest BCUT2D eigenvalue weighted by Gasteiger charge is -2.16. The van der Waals surface area contributed by atoms with Gasteiger partial charge in [0.05, 0.1) is 20.2 Å². The van der Waals surface area contributed by atoms with E-state index in [0.29, 0.717) is 56.5 Å². The molecule has 4 N–H and O–H groups in total. The lowest BCUT2D eigenvalue weighted by molar-refractivity contribution is 0.0943. The molecular formula is C46H65ClN6O7S4. The van der Waals surface area contributed by atoms with E-state index in [0.717, 1.165) is 48.5 Å². The number of sulfonamides is 2. The Morgan fingerprint density at radius 1 is 0.656 bits per heavy atom. The molecule has 352 valence electrons. The van der Waals surface area contributed by atoms with Crippen LogP contribution in [-0.2, 0) is 33.1 Å². The predicted octanol–water partition coefficient (Wildman–Crippen LogP) is 8.27. The molecule has 0 aliphatic carbocycles. The Labute approximate surface area is 393 Å². The van der Waals surface area contributed by atoms with Crippen LogP contribution in [-0.4, -0.2) is 95.7 Å². The van der Waals surface area contributed by atoms with Gasteiger partial charge >= 0.3 is 0 Å². The van der Waals surface area contributed by atoms with Crippen LogP contribution >= 0.6 is 34.3 Å². The Morgan fingerprint density at radius 3 is 1.64 bits per heavy atom. The van der Waals surface area contributed by atoms with Crippen molar-refractivity contribution in [1.82, 2.24) is 29.9 Å². The summed E-state index contributed by atoms with van der Waals surface area (Å²) in [4.78, 5) is 26.2. The number of rotatable bonds is 24. The minimum atomic E-state index is -3.51. The highest BCUT2D eigenvalue weighted by Gasteiger charge is 2.34. The summed E-state index contributed by atoms with van der Waals surface area (Å²) in [6, 6.07) is 20.8. The molecule has 2 saturated heterocycles. The van der Waals surface area contributed by atoms with Crippen LogP contribution in [0.25, 0.3) is 0 Å². The fourth-order valence-electron chi connectivity index (χ4n) is 7.46. The summed E-state index contributed by atoms with van der Waals surface area (Å²) in [5.41, 5.74) is 1.01. The zero-order valence-electron chi connectivity index (χ0n) is 37.3. The van der Waals surface area contributed by atoms with E-state index >= 15 is 0 Å². The van der Waals surface area contributed by atoms with Crippen molar-refractivity contribution in [3.05, 3.63) is 98.7 Å². The van der Waals surface area contributed by atoms with Gasteiger partial charge in [-0.3, -0.25) is 9.59 Å². The minimum absolute atomic E-state index is 0.216. The van der Waals surface area contributed by atoms with E-state index in [9.17, 15) is 26.4 Å². The number of nitrogens with one attached hydrogen (secondary N) is 4. The number of amides is 2. The Bertz CT molecular complexity index is 2290. The van der Waals surface area contributed by atoms with Crippen molar-refractivity contribution < 1.29 is 31.2 Å². The molecule has 2 fully saturated rings. The lowest BCUT2D eigenvalue weighted by Crippen LogP contribution is -2.35. The van der Waals surface area contributed by atoms with Crippen LogP contribution in [0.15, 0.2) is 81.2 Å². The maximum absolute atomic E-state index is 13.0. The number of hydrogen-bond acceptors (Lipinski definition) is 11. The summed E-state index contributed by atoms with van der Waals surface area (Å²) >= 11 is 8.27. The largest absolute Gasteiger partial charge is 0.497 e. The molecule has 4 aromatic rings. The average Bonchev–Trinajstić information content (AvgIpc) is 4.15. The smallest absolute Gasteiger partial charge is 0.252 e. The molecule has 4 heterocycles. The van der Waals surface area contributed by atoms with Gasteiger partial charge in [-0.25, -0.2) is 16.8 Å². The van der Waals surface area contributed by atoms with Crippen molar-refractivity contribution in [2.45, 2.75) is 118 Å². The SMILES string of the molecule is CCCCCCCNC1CCN(S(=O)(=O)c2ccc(CNC(=O)c3ccc(Cl)cc3)s2)C1.CCCCCCNC1CCN(S(=O)(=O)c2ccc(CNC(=O)c3cccc(OC)c3)s2)C1. The molecule has 0 bridgehead atoms. The second kappa shape index (κ2) is 26.1. The van der Waals surface area contributed by atoms with E-state index in [2.05, 4.69) is 35.1 Å². The quantitative estimate of drug-likeness (QED) is 0.0506. The van der Waals surface area contributed by atoms with Gasteiger partial charge in [-0.15, -0.1) is 22.7 Å². The molecule has 2 aromatic carbocycles. The van der Waals surface area contributed by atoms with Gasteiger partial charge in [-0.05, 0) is 106 Å². The highest BCUT2D eigenvalue weighted by atomic mass is 35.5. The van der Waals surface area contributed by atoms with Crippen LogP contribution < -0.4 is 26.0 Å². The number of nitrogens with zero attached hydrogens (tertiary/aromatic N) is 2. The van der Waals surface area contributed by atoms with Gasteiger partial charge in [0, 0.05) is 64.2 Å². The van der Waals surface area contributed by atoms with Gasteiger partial charge in [-0.1, -0.05) is 76.5 Å². The fraction of sp³-hybridized carbons (Fsp3) is 0.522. The molecular weight excluding hydrogens is 912 g/mol. The molecule has 0 radical (unpaired) electrons. The fourth-order valence-corrected chi connectivity index (χ4v) is 13.5. The number of unbranched alkanes of at least 4 members (excludes halogenated alkanes) is 7. The number of halogens is 1. The molecule has 2 aliphatic heterocycles. The number of carbonyl (C=O) groups excluding carboxylic acids is 2. The monoisotopic (exact) mass is 976 g/mol. The Morgan fingerprint density at radius 2 is 1.14 bits per heavy atom. The summed E-state index contributed by atoms with van der Waals surface area (Å²) in [5.74, 6) is 0.165. The van der Waals surface area contributed by atoms with Crippen LogP contribution in [0.1, 0.15) is 115 Å². The van der Waals surface area contributed by atoms with Crippen LogP contribution in [0.5, 0.6) is 5.75 Å². The normalized spacial score (nSPS) is 16.9. The van der Waals surface area contributed by atoms with Crippen LogP contribution in [0.4, 0.5) is 0 Å². The van der Waals surface area contributed by atoms with Gasteiger partial charge in [0.1, 0.15) is 14.2 Å². The van der Waals surface area contributed by atoms with E-state index in [-0.39, 0.29) is 37.0 Å². The summed E-state index contributed by atoms with van der Waals surface area (Å²) in [6.07, 6.45) is 12.6. The molecule has 2 aromatic heterocycles. The Balaban J connectivity index is 0.000000241. The first-order valence-electron chi connectivity index (χ1n) is 22.4. The van der Waals surface area contributed by atoms with Gasteiger partial charge in [0.15, 0.2) is 0 Å². The van der Waals surface area contributed by atoms with Crippen molar-refractivity contribution in [2.24, 2.45) is 0 Å². The van der Waals surface area contributed by atoms with E-state index in [4.69, 9.17) is 16.3 Å². The molecule has 18 heteroatoms. The molecule has 2 amide bonds. The number of carbonyl (C=O) groups is 2. The van der Waals surface area contributed by atoms with Crippen LogP contribution in [0.2, 0.25) is 5.02 Å². The molecule has 2 unspecified atom stereocenters. The number of methoxy groups -OCH3 is 1. The molecule has 2 aliphatic rings. The third-order valence-corrected chi connectivity index (χ3v) is 18.3. The third-order valence-electron chi connectivity index (χ3n) is 11.2. The van der Waals surface area contributed by atoms with E-state index < -0.39 is 20.0 Å². The van der Waals surface area contributed by atoms with Gasteiger partial charge in [0.25, 0.3) is 31.9 Å². The van der Waals surface area contributed by atoms with Crippen molar-refractivity contribution in [2.75, 3.05) is 46.4 Å². The molecule has 0 saturated carbocycles. The van der Waals surface area contributed by atoms with Gasteiger partial charge in [-0.2, -0.15) is 8.61 Å². The number of ether oxygens (including phenoxy) is 1. The zero-order valence-corrected chi connectivity index (χ0v) is 41.3. The first kappa shape index (κ1) is 51.6. The van der Waals surface area contributed by atoms with Crippen LogP contribution in [0, 0.1) is 0 Å². The Kier molecular flexibility index (Phi) is 21.0. The molecule has 6 rings (SSSR count). The summed E-state index contributed by atoms with van der Waals surface area (Å²) in [5, 5.41) is 13.2. The van der Waals surface area contributed by atoms with E-state index in [1.165, 1.54) is 67.6 Å². The second-order valence-corrected chi connectivity index (χ2v) is 23.2.